The van der Waals surface area contributed by atoms with E-state index in [0.29, 0.717) is 12.5 Å². The largest absolute Gasteiger partial charge is 0.457 e. The number of fused-ring (bicyclic) bond motifs is 1. The van der Waals surface area contributed by atoms with Gasteiger partial charge in [-0.1, -0.05) is 42.5 Å². The van der Waals surface area contributed by atoms with Crippen LogP contribution < -0.4 is 15.8 Å². The van der Waals surface area contributed by atoms with Gasteiger partial charge in [0.25, 0.3) is 0 Å². The standard InChI is InChI=1S/C23H20N4O/c24-23(26-16-17-13-14-25-22-12-5-4-11-21(17)22)27-18-7-6-10-20(15-18)28-19-8-2-1-3-9-19/h1-15H,16H2,(H3,24,26,27). The van der Waals surface area contributed by atoms with E-state index in [9.17, 15) is 0 Å². The number of nitrogens with two attached hydrogens (primary N) is 1. The minimum atomic E-state index is 0.345. The molecule has 0 aliphatic carbocycles. The first kappa shape index (κ1) is 17.5. The number of aliphatic imine (C=N–C) groups is 1. The Morgan fingerprint density at radius 1 is 0.893 bits per heavy atom. The van der Waals surface area contributed by atoms with Crippen LogP contribution in [0, 0.1) is 0 Å². The Bertz CT molecular complexity index is 1100. The molecular weight excluding hydrogens is 348 g/mol. The van der Waals surface area contributed by atoms with Crippen molar-refractivity contribution < 1.29 is 4.74 Å². The molecule has 5 heteroatoms. The summed E-state index contributed by atoms with van der Waals surface area (Å²) in [6.45, 7) is 0.474. The van der Waals surface area contributed by atoms with E-state index in [1.807, 2.05) is 84.9 Å². The normalized spacial score (nSPS) is 11.4. The highest BCUT2D eigenvalue weighted by molar-refractivity contribution is 5.92. The number of hydrogen-bond acceptors (Lipinski definition) is 3. The van der Waals surface area contributed by atoms with Crippen molar-refractivity contribution in [3.8, 4) is 11.5 Å². The first-order valence-electron chi connectivity index (χ1n) is 9.00. The average Bonchev–Trinajstić information content (AvgIpc) is 2.73. The monoisotopic (exact) mass is 368 g/mol. The molecule has 0 spiro atoms. The van der Waals surface area contributed by atoms with E-state index in [1.54, 1.807) is 6.20 Å². The van der Waals surface area contributed by atoms with Crippen LogP contribution >= 0.6 is 0 Å². The van der Waals surface area contributed by atoms with Gasteiger partial charge in [-0.25, -0.2) is 4.99 Å². The maximum absolute atomic E-state index is 6.08. The van der Waals surface area contributed by atoms with E-state index < -0.39 is 0 Å². The molecular formula is C23H20N4O. The molecule has 0 amide bonds. The molecule has 0 saturated heterocycles. The van der Waals surface area contributed by atoms with Gasteiger partial charge in [0.05, 0.1) is 12.1 Å². The third-order valence-corrected chi connectivity index (χ3v) is 4.24. The Labute approximate surface area is 163 Å². The van der Waals surface area contributed by atoms with Crippen LogP contribution in [0.5, 0.6) is 11.5 Å². The second-order valence-corrected chi connectivity index (χ2v) is 6.26. The number of aromatic nitrogens is 1. The lowest BCUT2D eigenvalue weighted by Crippen LogP contribution is -2.22. The van der Waals surface area contributed by atoms with Gasteiger partial charge < -0.3 is 15.8 Å². The maximum Gasteiger partial charge on any atom is 0.193 e. The first-order valence-corrected chi connectivity index (χ1v) is 9.00. The van der Waals surface area contributed by atoms with Crippen molar-refractivity contribution >= 4 is 22.5 Å². The lowest BCUT2D eigenvalue weighted by molar-refractivity contribution is 0.483. The number of guanidine groups is 1. The summed E-state index contributed by atoms with van der Waals surface area (Å²) in [7, 11) is 0. The van der Waals surface area contributed by atoms with Crippen LogP contribution in [-0.2, 0) is 6.54 Å². The molecule has 1 heterocycles. The number of benzene rings is 3. The summed E-state index contributed by atoms with van der Waals surface area (Å²) < 4.78 is 5.85. The highest BCUT2D eigenvalue weighted by atomic mass is 16.5. The molecule has 0 saturated carbocycles. The summed E-state index contributed by atoms with van der Waals surface area (Å²) in [5.74, 6) is 1.85. The molecule has 0 aliphatic rings. The van der Waals surface area contributed by atoms with Gasteiger partial charge in [0.1, 0.15) is 11.5 Å². The smallest absolute Gasteiger partial charge is 0.193 e. The molecule has 0 radical (unpaired) electrons. The average molecular weight is 368 g/mol. The van der Waals surface area contributed by atoms with Gasteiger partial charge in [0, 0.05) is 23.3 Å². The Balaban J connectivity index is 1.46. The summed E-state index contributed by atoms with van der Waals surface area (Å²) in [6, 6.07) is 27.2. The molecule has 4 aromatic rings. The summed E-state index contributed by atoms with van der Waals surface area (Å²) in [4.78, 5) is 8.84. The number of ether oxygens (including phenoxy) is 1. The van der Waals surface area contributed by atoms with E-state index >= 15 is 0 Å². The van der Waals surface area contributed by atoms with E-state index in [4.69, 9.17) is 10.5 Å². The third-order valence-electron chi connectivity index (χ3n) is 4.24. The Morgan fingerprint density at radius 2 is 1.68 bits per heavy atom. The molecule has 1 aromatic heterocycles. The highest BCUT2D eigenvalue weighted by Crippen LogP contribution is 2.24. The quantitative estimate of drug-likeness (QED) is 0.386. The topological polar surface area (TPSA) is 72.5 Å². The lowest BCUT2D eigenvalue weighted by Gasteiger charge is -2.09. The SMILES string of the molecule is NC(=NCc1ccnc2ccccc12)Nc1cccc(Oc2ccccc2)c1. The number of para-hydroxylation sites is 2. The van der Waals surface area contributed by atoms with Crippen LogP contribution in [0.4, 0.5) is 5.69 Å². The first-order chi connectivity index (χ1) is 13.8. The lowest BCUT2D eigenvalue weighted by atomic mass is 10.1. The molecule has 5 nitrogen and oxygen atoms in total. The van der Waals surface area contributed by atoms with Gasteiger partial charge in [-0.15, -0.1) is 0 Å². The molecule has 0 aliphatic heterocycles. The van der Waals surface area contributed by atoms with Crippen LogP contribution in [0.3, 0.4) is 0 Å². The molecule has 28 heavy (non-hydrogen) atoms. The fourth-order valence-corrected chi connectivity index (χ4v) is 2.91. The summed E-state index contributed by atoms with van der Waals surface area (Å²) in [6.07, 6.45) is 1.79. The number of rotatable bonds is 5. The summed E-state index contributed by atoms with van der Waals surface area (Å²) >= 11 is 0. The zero-order valence-electron chi connectivity index (χ0n) is 15.2. The van der Waals surface area contributed by atoms with Crippen molar-refractivity contribution in [2.24, 2.45) is 10.7 Å². The molecule has 0 fully saturated rings. The summed E-state index contributed by atoms with van der Waals surface area (Å²) in [5, 5.41) is 4.20. The van der Waals surface area contributed by atoms with E-state index in [0.717, 1.165) is 33.7 Å². The number of nitrogens with zero attached hydrogens (tertiary/aromatic N) is 2. The van der Waals surface area contributed by atoms with Gasteiger partial charge in [-0.2, -0.15) is 0 Å². The van der Waals surface area contributed by atoms with Crippen molar-refractivity contribution in [3.05, 3.63) is 96.7 Å². The Kier molecular flexibility index (Phi) is 5.15. The molecule has 3 N–H and O–H groups in total. The zero-order chi connectivity index (χ0) is 19.2. The predicted molar refractivity (Wildman–Crippen MR) is 114 cm³/mol. The number of anilines is 1. The van der Waals surface area contributed by atoms with E-state index in [2.05, 4.69) is 15.3 Å². The van der Waals surface area contributed by atoms with Crippen molar-refractivity contribution in [3.63, 3.8) is 0 Å². The van der Waals surface area contributed by atoms with Gasteiger partial charge >= 0.3 is 0 Å². The molecule has 0 atom stereocenters. The van der Waals surface area contributed by atoms with Gasteiger partial charge in [-0.3, -0.25) is 4.98 Å². The number of pyridine rings is 1. The van der Waals surface area contributed by atoms with Crippen molar-refractivity contribution in [1.29, 1.82) is 0 Å². The molecule has 4 rings (SSSR count). The van der Waals surface area contributed by atoms with Crippen molar-refractivity contribution in [2.45, 2.75) is 6.54 Å². The van der Waals surface area contributed by atoms with E-state index in [1.165, 1.54) is 0 Å². The second-order valence-electron chi connectivity index (χ2n) is 6.26. The maximum atomic E-state index is 6.08. The predicted octanol–water partition coefficient (Wildman–Crippen LogP) is 4.95. The fourth-order valence-electron chi connectivity index (χ4n) is 2.91. The fraction of sp³-hybridized carbons (Fsp3) is 0.0435. The van der Waals surface area contributed by atoms with Gasteiger partial charge in [0.15, 0.2) is 5.96 Å². The minimum Gasteiger partial charge on any atom is -0.457 e. The van der Waals surface area contributed by atoms with Crippen LogP contribution in [0.2, 0.25) is 0 Å². The molecule has 0 unspecified atom stereocenters. The molecule has 3 aromatic carbocycles. The second kappa shape index (κ2) is 8.22. The zero-order valence-corrected chi connectivity index (χ0v) is 15.2. The molecule has 0 bridgehead atoms. The number of nitrogens with one attached hydrogen (secondary N) is 1. The van der Waals surface area contributed by atoms with Crippen LogP contribution in [0.15, 0.2) is 96.1 Å². The Morgan fingerprint density at radius 3 is 2.57 bits per heavy atom. The number of hydrogen-bond donors (Lipinski definition) is 2. The minimum absolute atomic E-state index is 0.345. The highest BCUT2D eigenvalue weighted by Gasteiger charge is 2.03. The van der Waals surface area contributed by atoms with Gasteiger partial charge in [0.2, 0.25) is 0 Å². The Hall–Kier alpha value is -3.86. The van der Waals surface area contributed by atoms with Crippen LogP contribution in [0.1, 0.15) is 5.56 Å². The van der Waals surface area contributed by atoms with Crippen molar-refractivity contribution in [2.75, 3.05) is 5.32 Å². The summed E-state index contributed by atoms with van der Waals surface area (Å²) in [5.41, 5.74) is 8.93. The van der Waals surface area contributed by atoms with Gasteiger partial charge in [-0.05, 0) is 42.0 Å². The third kappa shape index (κ3) is 4.27. The van der Waals surface area contributed by atoms with Crippen LogP contribution in [0.25, 0.3) is 10.9 Å². The van der Waals surface area contributed by atoms with Crippen molar-refractivity contribution in [1.82, 2.24) is 4.98 Å². The molecule has 138 valence electrons. The van der Waals surface area contributed by atoms with E-state index in [-0.39, 0.29) is 0 Å². The van der Waals surface area contributed by atoms with Crippen LogP contribution in [-0.4, -0.2) is 10.9 Å².